The van der Waals surface area contributed by atoms with E-state index in [0.717, 1.165) is 0 Å². The van der Waals surface area contributed by atoms with Gasteiger partial charge in [-0.2, -0.15) is 0 Å². The fourth-order valence-corrected chi connectivity index (χ4v) is 3.22. The Hall–Kier alpha value is -3.88. The van der Waals surface area contributed by atoms with Crippen molar-refractivity contribution < 1.29 is 41.0 Å². The molecule has 33 heavy (non-hydrogen) atoms. The highest BCUT2D eigenvalue weighted by molar-refractivity contribution is 6.14. The molecule has 3 aromatic rings. The van der Waals surface area contributed by atoms with Crippen molar-refractivity contribution in [1.82, 2.24) is 0 Å². The number of Topliss-reactive ketones (excluding diaryl/α,β-unsaturated/α-hetero) is 1. The largest absolute Gasteiger partial charge is 0.493 e. The van der Waals surface area contributed by atoms with Crippen LogP contribution in [0.25, 0.3) is 6.08 Å². The number of fused-ring (bicyclic) bond motifs is 1. The standard InChI is InChI=1S/C24H15F5O4/c1-2-31-16-6-4-3-5-12(16)9-18-24(30)14-8-7-13(10-17(14)33-18)32-11-15-19(25)21(27)23(29)22(28)20(15)26/h3-10H,2,11H2,1H3/b18-9-. The highest BCUT2D eigenvalue weighted by atomic mass is 19.2. The molecular formula is C24H15F5O4. The van der Waals surface area contributed by atoms with Gasteiger partial charge < -0.3 is 14.2 Å². The average molecular weight is 462 g/mol. The van der Waals surface area contributed by atoms with Crippen molar-refractivity contribution in [1.29, 1.82) is 0 Å². The van der Waals surface area contributed by atoms with Crippen molar-refractivity contribution in [2.45, 2.75) is 13.5 Å². The lowest BCUT2D eigenvalue weighted by Gasteiger charge is -2.10. The highest BCUT2D eigenvalue weighted by Crippen LogP contribution is 2.36. The number of ether oxygens (including phenoxy) is 3. The van der Waals surface area contributed by atoms with Gasteiger partial charge >= 0.3 is 0 Å². The summed E-state index contributed by atoms with van der Waals surface area (Å²) in [6, 6.07) is 11.0. The number of rotatable bonds is 6. The Kier molecular flexibility index (Phi) is 6.04. The van der Waals surface area contributed by atoms with Gasteiger partial charge in [0.15, 0.2) is 29.0 Å². The number of ketones is 1. The SMILES string of the molecule is CCOc1ccccc1/C=C1\Oc2cc(OCc3c(F)c(F)c(F)c(F)c3F)ccc2C1=O. The molecule has 0 amide bonds. The van der Waals surface area contributed by atoms with E-state index in [1.165, 1.54) is 24.3 Å². The molecule has 170 valence electrons. The number of benzene rings is 3. The third-order valence-corrected chi connectivity index (χ3v) is 4.83. The molecule has 0 aliphatic carbocycles. The van der Waals surface area contributed by atoms with Crippen molar-refractivity contribution in [3.05, 3.63) is 94.0 Å². The summed E-state index contributed by atoms with van der Waals surface area (Å²) in [7, 11) is 0. The first-order valence-corrected chi connectivity index (χ1v) is 9.75. The Balaban J connectivity index is 1.56. The Morgan fingerprint density at radius 2 is 1.55 bits per heavy atom. The molecule has 1 aliphatic heterocycles. The number of hydrogen-bond donors (Lipinski definition) is 0. The molecular weight excluding hydrogens is 447 g/mol. The van der Waals surface area contributed by atoms with Crippen molar-refractivity contribution in [3.63, 3.8) is 0 Å². The lowest BCUT2D eigenvalue weighted by Crippen LogP contribution is -2.09. The quantitative estimate of drug-likeness (QED) is 0.196. The first-order valence-electron chi connectivity index (χ1n) is 9.75. The zero-order valence-corrected chi connectivity index (χ0v) is 17.1. The van der Waals surface area contributed by atoms with Crippen LogP contribution in [0, 0.1) is 29.1 Å². The molecule has 9 heteroatoms. The maximum absolute atomic E-state index is 13.8. The van der Waals surface area contributed by atoms with E-state index in [0.29, 0.717) is 17.9 Å². The zero-order valence-electron chi connectivity index (χ0n) is 17.1. The second kappa shape index (κ2) is 8.93. The smallest absolute Gasteiger partial charge is 0.231 e. The Labute approximate surface area is 184 Å². The molecule has 0 saturated heterocycles. The average Bonchev–Trinajstić information content (AvgIpc) is 3.12. The lowest BCUT2D eigenvalue weighted by atomic mass is 10.1. The number of carbonyl (C=O) groups is 1. The van der Waals surface area contributed by atoms with E-state index in [1.807, 2.05) is 6.92 Å². The van der Waals surface area contributed by atoms with Crippen LogP contribution in [-0.4, -0.2) is 12.4 Å². The van der Waals surface area contributed by atoms with Gasteiger partial charge in [0.05, 0.1) is 17.7 Å². The van der Waals surface area contributed by atoms with Crippen LogP contribution in [0.5, 0.6) is 17.2 Å². The minimum atomic E-state index is -2.25. The molecule has 4 nitrogen and oxygen atoms in total. The molecule has 1 heterocycles. The van der Waals surface area contributed by atoms with E-state index in [-0.39, 0.29) is 22.8 Å². The minimum Gasteiger partial charge on any atom is -0.493 e. The first kappa shape index (κ1) is 22.3. The molecule has 0 bridgehead atoms. The van der Waals surface area contributed by atoms with Crippen molar-refractivity contribution in [2.75, 3.05) is 6.61 Å². The summed E-state index contributed by atoms with van der Waals surface area (Å²) in [5.74, 6) is -10.0. The topological polar surface area (TPSA) is 44.8 Å². The molecule has 0 fully saturated rings. The van der Waals surface area contributed by atoms with Gasteiger partial charge in [-0.05, 0) is 31.2 Å². The third kappa shape index (κ3) is 4.13. The molecule has 0 radical (unpaired) electrons. The monoisotopic (exact) mass is 462 g/mol. The van der Waals surface area contributed by atoms with E-state index < -0.39 is 47.0 Å². The van der Waals surface area contributed by atoms with E-state index in [4.69, 9.17) is 14.2 Å². The van der Waals surface area contributed by atoms with Crippen molar-refractivity contribution in [3.8, 4) is 17.2 Å². The fourth-order valence-electron chi connectivity index (χ4n) is 3.22. The van der Waals surface area contributed by atoms with Crippen LogP contribution in [-0.2, 0) is 6.61 Å². The van der Waals surface area contributed by atoms with Gasteiger partial charge in [-0.15, -0.1) is 0 Å². The second-order valence-electron chi connectivity index (χ2n) is 6.91. The lowest BCUT2D eigenvalue weighted by molar-refractivity contribution is 0.101. The second-order valence-corrected chi connectivity index (χ2v) is 6.91. The van der Waals surface area contributed by atoms with Gasteiger partial charge in [-0.25, -0.2) is 22.0 Å². The Morgan fingerprint density at radius 3 is 2.24 bits per heavy atom. The van der Waals surface area contributed by atoms with E-state index in [1.54, 1.807) is 24.3 Å². The maximum Gasteiger partial charge on any atom is 0.231 e. The molecule has 3 aromatic carbocycles. The molecule has 0 aromatic heterocycles. The summed E-state index contributed by atoms with van der Waals surface area (Å²) in [6.45, 7) is 1.33. The van der Waals surface area contributed by atoms with Crippen LogP contribution in [0.2, 0.25) is 0 Å². The predicted molar refractivity (Wildman–Crippen MR) is 108 cm³/mol. The van der Waals surface area contributed by atoms with Gasteiger partial charge in [0.2, 0.25) is 11.6 Å². The highest BCUT2D eigenvalue weighted by Gasteiger charge is 2.29. The zero-order chi connectivity index (χ0) is 23.7. The number of para-hydroxylation sites is 1. The molecule has 0 spiro atoms. The Morgan fingerprint density at radius 1 is 0.879 bits per heavy atom. The predicted octanol–water partition coefficient (Wildman–Crippen LogP) is 5.98. The van der Waals surface area contributed by atoms with Crippen LogP contribution in [0.1, 0.15) is 28.4 Å². The van der Waals surface area contributed by atoms with Crippen LogP contribution in [0.3, 0.4) is 0 Å². The minimum absolute atomic E-state index is 0.00135. The van der Waals surface area contributed by atoms with Crippen molar-refractivity contribution >= 4 is 11.9 Å². The van der Waals surface area contributed by atoms with Gasteiger partial charge in [-0.3, -0.25) is 4.79 Å². The molecule has 0 saturated carbocycles. The summed E-state index contributed by atoms with van der Waals surface area (Å²) < 4.78 is 83.9. The fraction of sp³-hybridized carbons (Fsp3) is 0.125. The number of carbonyl (C=O) groups excluding carboxylic acids is 1. The summed E-state index contributed by atoms with van der Waals surface area (Å²) in [6.07, 6.45) is 1.52. The van der Waals surface area contributed by atoms with Crippen LogP contribution >= 0.6 is 0 Å². The van der Waals surface area contributed by atoms with Gasteiger partial charge in [0, 0.05) is 11.6 Å². The molecule has 4 rings (SSSR count). The number of hydrogen-bond acceptors (Lipinski definition) is 4. The van der Waals surface area contributed by atoms with Gasteiger partial charge in [0.1, 0.15) is 23.9 Å². The van der Waals surface area contributed by atoms with Crippen LogP contribution in [0.4, 0.5) is 22.0 Å². The van der Waals surface area contributed by atoms with Crippen molar-refractivity contribution in [2.24, 2.45) is 0 Å². The maximum atomic E-state index is 13.8. The third-order valence-electron chi connectivity index (χ3n) is 4.83. The first-order chi connectivity index (χ1) is 15.8. The number of allylic oxidation sites excluding steroid dienone is 1. The number of halogens is 5. The van der Waals surface area contributed by atoms with E-state index in [2.05, 4.69) is 0 Å². The molecule has 0 atom stereocenters. The summed E-state index contributed by atoms with van der Waals surface area (Å²) in [4.78, 5) is 12.7. The van der Waals surface area contributed by atoms with Gasteiger partial charge in [0.25, 0.3) is 0 Å². The normalized spacial score (nSPS) is 13.8. The summed E-state index contributed by atoms with van der Waals surface area (Å²) in [5, 5.41) is 0. The van der Waals surface area contributed by atoms with E-state index >= 15 is 0 Å². The Bertz CT molecular complexity index is 1260. The summed E-state index contributed by atoms with van der Waals surface area (Å²) in [5.41, 5.74) is -0.269. The summed E-state index contributed by atoms with van der Waals surface area (Å²) >= 11 is 0. The molecule has 0 N–H and O–H groups in total. The van der Waals surface area contributed by atoms with Crippen LogP contribution in [0.15, 0.2) is 48.2 Å². The van der Waals surface area contributed by atoms with Gasteiger partial charge in [-0.1, -0.05) is 18.2 Å². The molecule has 0 unspecified atom stereocenters. The molecule has 1 aliphatic rings. The van der Waals surface area contributed by atoms with Crippen LogP contribution < -0.4 is 14.2 Å². The van der Waals surface area contributed by atoms with E-state index in [9.17, 15) is 26.7 Å².